The topological polar surface area (TPSA) is 37.8 Å². The number of anilines is 2. The maximum Gasteiger partial charge on any atom is 0.224 e. The number of aromatic nitrogens is 2. The van der Waals surface area contributed by atoms with Gasteiger partial charge in [0.25, 0.3) is 0 Å². The fraction of sp³-hybridized carbons (Fsp3) is 0.0909. The van der Waals surface area contributed by atoms with E-state index in [-0.39, 0.29) is 11.1 Å². The summed E-state index contributed by atoms with van der Waals surface area (Å²) in [5.74, 6) is 0.227. The lowest BCUT2D eigenvalue weighted by Gasteiger charge is -2.10. The van der Waals surface area contributed by atoms with Crippen molar-refractivity contribution in [1.82, 2.24) is 9.97 Å². The number of nitrogens with one attached hydrogen (secondary N) is 1. The van der Waals surface area contributed by atoms with Crippen LogP contribution in [0, 0.1) is 12.7 Å². The Hall–Kier alpha value is -1.20. The van der Waals surface area contributed by atoms with Crippen LogP contribution in [0.4, 0.5) is 15.9 Å². The average molecular weight is 317 g/mol. The van der Waals surface area contributed by atoms with Crippen molar-refractivity contribution >= 4 is 39.0 Å². The van der Waals surface area contributed by atoms with Crippen LogP contribution in [-0.4, -0.2) is 9.97 Å². The summed E-state index contributed by atoms with van der Waals surface area (Å²) in [5, 5.41) is 3.14. The third kappa shape index (κ3) is 2.92. The van der Waals surface area contributed by atoms with E-state index in [4.69, 9.17) is 11.6 Å². The van der Waals surface area contributed by atoms with Crippen molar-refractivity contribution in [2.45, 2.75) is 6.92 Å². The first-order valence-electron chi connectivity index (χ1n) is 4.77. The highest BCUT2D eigenvalue weighted by atomic mass is 79.9. The Morgan fingerprint density at radius 3 is 2.94 bits per heavy atom. The smallest absolute Gasteiger partial charge is 0.224 e. The molecule has 2 rings (SSSR count). The van der Waals surface area contributed by atoms with Crippen LogP contribution in [-0.2, 0) is 0 Å². The van der Waals surface area contributed by atoms with Crippen molar-refractivity contribution in [3.05, 3.63) is 45.5 Å². The zero-order valence-electron chi connectivity index (χ0n) is 8.84. The van der Waals surface area contributed by atoms with Gasteiger partial charge in [-0.05, 0) is 52.7 Å². The van der Waals surface area contributed by atoms with E-state index in [1.165, 1.54) is 12.1 Å². The van der Waals surface area contributed by atoms with Crippen LogP contribution in [0.25, 0.3) is 0 Å². The second-order valence-corrected chi connectivity index (χ2v) is 4.61. The zero-order chi connectivity index (χ0) is 12.4. The van der Waals surface area contributed by atoms with Crippen LogP contribution in [0.15, 0.2) is 28.9 Å². The van der Waals surface area contributed by atoms with Crippen LogP contribution in [0.3, 0.4) is 0 Å². The summed E-state index contributed by atoms with van der Waals surface area (Å²) < 4.78 is 13.9. The highest BCUT2D eigenvalue weighted by Gasteiger charge is 2.06. The van der Waals surface area contributed by atoms with Crippen LogP contribution < -0.4 is 5.32 Å². The first-order chi connectivity index (χ1) is 8.06. The van der Waals surface area contributed by atoms with Gasteiger partial charge in [-0.2, -0.15) is 0 Å². The van der Waals surface area contributed by atoms with Crippen molar-refractivity contribution < 1.29 is 4.39 Å². The summed E-state index contributed by atoms with van der Waals surface area (Å²) in [6, 6.07) is 4.37. The monoisotopic (exact) mass is 315 g/mol. The van der Waals surface area contributed by atoms with E-state index in [2.05, 4.69) is 31.2 Å². The number of aryl methyl sites for hydroxylation is 1. The van der Waals surface area contributed by atoms with Gasteiger partial charge in [-0.25, -0.2) is 14.4 Å². The van der Waals surface area contributed by atoms with Gasteiger partial charge in [0.15, 0.2) is 0 Å². The van der Waals surface area contributed by atoms with Crippen LogP contribution >= 0.6 is 27.5 Å². The number of hydrogen-bond donors (Lipinski definition) is 1. The molecule has 1 aromatic carbocycles. The molecule has 0 spiro atoms. The number of hydrogen-bond acceptors (Lipinski definition) is 3. The Kier molecular flexibility index (Phi) is 3.59. The molecule has 1 N–H and O–H groups in total. The number of rotatable bonds is 2. The van der Waals surface area contributed by atoms with Crippen LogP contribution in [0.5, 0.6) is 0 Å². The molecule has 0 aliphatic carbocycles. The summed E-state index contributed by atoms with van der Waals surface area (Å²) >= 11 is 9.03. The van der Waals surface area contributed by atoms with Gasteiger partial charge in [-0.15, -0.1) is 0 Å². The molecule has 1 aromatic heterocycles. The lowest BCUT2D eigenvalue weighted by Crippen LogP contribution is -1.99. The Morgan fingerprint density at radius 1 is 1.41 bits per heavy atom. The molecule has 1 heterocycles. The average Bonchev–Trinajstić information content (AvgIpc) is 2.28. The van der Waals surface area contributed by atoms with Gasteiger partial charge in [0.05, 0.1) is 5.69 Å². The molecule has 6 heteroatoms. The molecule has 0 radical (unpaired) electrons. The van der Waals surface area contributed by atoms with E-state index in [0.717, 1.165) is 10.0 Å². The number of nitrogens with zero attached hydrogens (tertiary/aromatic N) is 2. The minimum atomic E-state index is -0.325. The lowest BCUT2D eigenvalue weighted by molar-refractivity contribution is 0.628. The minimum absolute atomic E-state index is 0.144. The van der Waals surface area contributed by atoms with Crippen LogP contribution in [0.2, 0.25) is 5.28 Å². The van der Waals surface area contributed by atoms with Gasteiger partial charge in [-0.3, -0.25) is 0 Å². The molecule has 3 nitrogen and oxygen atoms in total. The summed E-state index contributed by atoms with van der Waals surface area (Å²) in [4.78, 5) is 7.89. The molecule has 0 aliphatic rings. The molecule has 17 heavy (non-hydrogen) atoms. The fourth-order valence-electron chi connectivity index (χ4n) is 1.27. The normalized spacial score (nSPS) is 10.4. The molecular weight excluding hydrogens is 308 g/mol. The van der Waals surface area contributed by atoms with E-state index < -0.39 is 0 Å². The predicted molar refractivity (Wildman–Crippen MR) is 69.2 cm³/mol. The third-order valence-electron chi connectivity index (χ3n) is 2.12. The molecule has 0 saturated carbocycles. The second-order valence-electron chi connectivity index (χ2n) is 3.42. The molecule has 0 aliphatic heterocycles. The van der Waals surface area contributed by atoms with E-state index in [0.29, 0.717) is 11.5 Å². The standard InChI is InChI=1S/C11H8BrClFN3/c1-6-5-15-11(13)17-10(6)16-9-4-7(14)2-3-8(9)12/h2-5H,1H3,(H,15,16,17). The SMILES string of the molecule is Cc1cnc(Cl)nc1Nc1cc(F)ccc1Br. The van der Waals surface area contributed by atoms with Gasteiger partial charge in [0, 0.05) is 16.2 Å². The molecule has 0 bridgehead atoms. The highest BCUT2D eigenvalue weighted by Crippen LogP contribution is 2.27. The zero-order valence-corrected chi connectivity index (χ0v) is 11.2. The van der Waals surface area contributed by atoms with E-state index in [9.17, 15) is 4.39 Å². The minimum Gasteiger partial charge on any atom is -0.339 e. The van der Waals surface area contributed by atoms with Gasteiger partial charge < -0.3 is 5.32 Å². The molecule has 0 atom stereocenters. The summed E-state index contributed by atoms with van der Waals surface area (Å²) in [5.41, 5.74) is 1.41. The number of halogens is 3. The number of benzene rings is 1. The van der Waals surface area contributed by atoms with Crippen molar-refractivity contribution in [3.63, 3.8) is 0 Å². The second kappa shape index (κ2) is 4.98. The summed E-state index contributed by atoms with van der Waals surface area (Å²) in [6.45, 7) is 1.84. The maximum absolute atomic E-state index is 13.1. The Morgan fingerprint density at radius 2 is 2.18 bits per heavy atom. The molecule has 2 aromatic rings. The van der Waals surface area contributed by atoms with Crippen molar-refractivity contribution in [2.24, 2.45) is 0 Å². The van der Waals surface area contributed by atoms with E-state index in [1.807, 2.05) is 6.92 Å². The Balaban J connectivity index is 2.37. The van der Waals surface area contributed by atoms with Gasteiger partial charge >= 0.3 is 0 Å². The Labute approximate surface area is 111 Å². The van der Waals surface area contributed by atoms with Crippen molar-refractivity contribution in [3.8, 4) is 0 Å². The van der Waals surface area contributed by atoms with Crippen molar-refractivity contribution in [1.29, 1.82) is 0 Å². The molecule has 0 saturated heterocycles. The van der Waals surface area contributed by atoms with E-state index in [1.54, 1.807) is 12.3 Å². The van der Waals surface area contributed by atoms with Crippen molar-refractivity contribution in [2.75, 3.05) is 5.32 Å². The molecule has 0 fully saturated rings. The van der Waals surface area contributed by atoms with Gasteiger partial charge in [0.2, 0.25) is 5.28 Å². The first-order valence-corrected chi connectivity index (χ1v) is 5.94. The summed E-state index contributed by atoms with van der Waals surface area (Å²) in [7, 11) is 0. The Bertz CT molecular complexity index is 513. The quantitative estimate of drug-likeness (QED) is 0.848. The largest absolute Gasteiger partial charge is 0.339 e. The fourth-order valence-corrected chi connectivity index (χ4v) is 1.75. The third-order valence-corrected chi connectivity index (χ3v) is 3.00. The van der Waals surface area contributed by atoms with Gasteiger partial charge in [-0.1, -0.05) is 0 Å². The van der Waals surface area contributed by atoms with Crippen LogP contribution in [0.1, 0.15) is 5.56 Å². The lowest BCUT2D eigenvalue weighted by atomic mass is 10.3. The highest BCUT2D eigenvalue weighted by molar-refractivity contribution is 9.10. The predicted octanol–water partition coefficient (Wildman–Crippen LogP) is 4.08. The van der Waals surface area contributed by atoms with Gasteiger partial charge in [0.1, 0.15) is 11.6 Å². The summed E-state index contributed by atoms with van der Waals surface area (Å²) in [6.07, 6.45) is 1.60. The first kappa shape index (κ1) is 12.3. The maximum atomic E-state index is 13.1. The molecule has 0 unspecified atom stereocenters. The van der Waals surface area contributed by atoms with E-state index >= 15 is 0 Å². The molecule has 0 amide bonds. The molecular formula is C11H8BrClFN3. The molecule has 88 valence electrons.